The second-order valence-corrected chi connectivity index (χ2v) is 8.30. The second-order valence-electron chi connectivity index (χ2n) is 7.36. The first kappa shape index (κ1) is 18.2. The van der Waals surface area contributed by atoms with Crippen molar-refractivity contribution in [3.63, 3.8) is 0 Å². The summed E-state index contributed by atoms with van der Waals surface area (Å²) in [6, 6.07) is 8.41. The highest BCUT2D eigenvalue weighted by Gasteiger charge is 2.17. The maximum absolute atomic E-state index is 4.88. The Bertz CT molecular complexity index is 884. The molecule has 4 heteroatoms. The van der Waals surface area contributed by atoms with Gasteiger partial charge in [-0.1, -0.05) is 12.1 Å². The van der Waals surface area contributed by atoms with Gasteiger partial charge in [-0.3, -0.25) is 9.98 Å². The Morgan fingerprint density at radius 2 is 2.00 bits per heavy atom. The van der Waals surface area contributed by atoms with Gasteiger partial charge in [0.25, 0.3) is 0 Å². The van der Waals surface area contributed by atoms with E-state index in [-0.39, 0.29) is 0 Å². The number of aryl methyl sites for hydroxylation is 1. The van der Waals surface area contributed by atoms with E-state index in [9.17, 15) is 0 Å². The fourth-order valence-electron chi connectivity index (χ4n) is 3.85. The number of aliphatic imine (C=N–C) groups is 1. The summed E-state index contributed by atoms with van der Waals surface area (Å²) in [5.74, 6) is 0. The summed E-state index contributed by atoms with van der Waals surface area (Å²) < 4.78 is 0. The molecule has 0 N–H and O–H groups in total. The summed E-state index contributed by atoms with van der Waals surface area (Å²) in [5, 5.41) is 2.09. The summed E-state index contributed by atoms with van der Waals surface area (Å²) >= 11 is 1.72. The lowest BCUT2D eigenvalue weighted by Gasteiger charge is -2.32. The van der Waals surface area contributed by atoms with E-state index in [1.165, 1.54) is 48.5 Å². The number of hydrogen-bond donors (Lipinski definition) is 0. The van der Waals surface area contributed by atoms with Crippen molar-refractivity contribution in [3.8, 4) is 0 Å². The lowest BCUT2D eigenvalue weighted by Crippen LogP contribution is -2.29. The molecule has 0 saturated carbocycles. The lowest BCUT2D eigenvalue weighted by atomic mass is 9.98. The van der Waals surface area contributed by atoms with Crippen molar-refractivity contribution in [2.75, 3.05) is 13.1 Å². The Morgan fingerprint density at radius 3 is 2.74 bits per heavy atom. The predicted octanol–water partition coefficient (Wildman–Crippen LogP) is 6.14. The van der Waals surface area contributed by atoms with Crippen molar-refractivity contribution in [2.24, 2.45) is 4.99 Å². The van der Waals surface area contributed by atoms with Crippen LogP contribution in [0.15, 0.2) is 52.5 Å². The number of hydrogen-bond acceptors (Lipinski definition) is 4. The molecule has 0 atom stereocenters. The van der Waals surface area contributed by atoms with Gasteiger partial charge in [-0.15, -0.1) is 11.3 Å². The monoisotopic (exact) mass is 377 g/mol. The molecule has 1 saturated heterocycles. The van der Waals surface area contributed by atoms with Crippen molar-refractivity contribution in [3.05, 3.63) is 63.8 Å². The number of pyridine rings is 1. The van der Waals surface area contributed by atoms with Gasteiger partial charge >= 0.3 is 0 Å². The van der Waals surface area contributed by atoms with Gasteiger partial charge in [0.05, 0.1) is 22.8 Å². The SMILES string of the molecule is CC(=Nc1ccc(C2=CCCC(N3CCCCC3)=C2)nc1C)c1cccs1. The van der Waals surface area contributed by atoms with Crippen LogP contribution in [0.1, 0.15) is 55.3 Å². The van der Waals surface area contributed by atoms with E-state index in [1.807, 2.05) is 0 Å². The van der Waals surface area contributed by atoms with E-state index in [2.05, 4.69) is 60.5 Å². The van der Waals surface area contributed by atoms with E-state index >= 15 is 0 Å². The van der Waals surface area contributed by atoms with Crippen molar-refractivity contribution in [1.82, 2.24) is 9.88 Å². The molecule has 1 aliphatic carbocycles. The molecule has 1 aliphatic heterocycles. The Hall–Kier alpha value is -2.20. The topological polar surface area (TPSA) is 28.5 Å². The van der Waals surface area contributed by atoms with Gasteiger partial charge in [0.2, 0.25) is 0 Å². The highest BCUT2D eigenvalue weighted by atomic mass is 32.1. The van der Waals surface area contributed by atoms with E-state index in [4.69, 9.17) is 9.98 Å². The molecule has 1 fully saturated rings. The zero-order valence-electron chi connectivity index (χ0n) is 16.2. The predicted molar refractivity (Wildman–Crippen MR) is 116 cm³/mol. The lowest BCUT2D eigenvalue weighted by molar-refractivity contribution is 0.276. The van der Waals surface area contributed by atoms with Crippen molar-refractivity contribution >= 4 is 28.3 Å². The molecule has 2 aromatic heterocycles. The molecule has 0 amide bonds. The summed E-state index contributed by atoms with van der Waals surface area (Å²) in [6.07, 6.45) is 11.0. The van der Waals surface area contributed by atoms with Crippen LogP contribution < -0.4 is 0 Å². The number of rotatable bonds is 4. The van der Waals surface area contributed by atoms with Gasteiger partial charge in [-0.25, -0.2) is 0 Å². The Kier molecular flexibility index (Phi) is 5.53. The standard InChI is InChI=1S/C23H27N3S/c1-17-21(25-18(2)23-10-7-15-27-23)11-12-22(24-17)19-8-6-9-20(16-19)26-13-4-3-5-14-26/h7-8,10-12,15-16H,3-6,9,13-14H2,1-2H3. The Balaban J connectivity index is 1.56. The van der Waals surface area contributed by atoms with Crippen LogP contribution in [0, 0.1) is 6.92 Å². The largest absolute Gasteiger partial charge is 0.375 e. The number of likely N-dealkylation sites (tertiary alicyclic amines) is 1. The van der Waals surface area contributed by atoms with Crippen LogP contribution in [0.4, 0.5) is 5.69 Å². The number of thiophene rings is 1. The molecular weight excluding hydrogens is 350 g/mol. The van der Waals surface area contributed by atoms with E-state index < -0.39 is 0 Å². The van der Waals surface area contributed by atoms with Crippen molar-refractivity contribution < 1.29 is 0 Å². The van der Waals surface area contributed by atoms with Gasteiger partial charge in [0.1, 0.15) is 0 Å². The fourth-order valence-corrected chi connectivity index (χ4v) is 4.53. The third-order valence-electron chi connectivity index (χ3n) is 5.37. The third-order valence-corrected chi connectivity index (χ3v) is 6.35. The minimum atomic E-state index is 0.960. The molecule has 0 bridgehead atoms. The normalized spacial score (nSPS) is 18.3. The quantitative estimate of drug-likeness (QED) is 0.599. The van der Waals surface area contributed by atoms with E-state index in [1.54, 1.807) is 11.3 Å². The summed E-state index contributed by atoms with van der Waals surface area (Å²) in [5.41, 5.74) is 6.81. The molecule has 0 aromatic carbocycles. The number of nitrogens with zero attached hydrogens (tertiary/aromatic N) is 3. The number of aromatic nitrogens is 1. The highest BCUT2D eigenvalue weighted by Crippen LogP contribution is 2.30. The van der Waals surface area contributed by atoms with Crippen LogP contribution in [-0.2, 0) is 0 Å². The Morgan fingerprint density at radius 1 is 1.15 bits per heavy atom. The maximum Gasteiger partial charge on any atom is 0.0846 e. The molecule has 4 rings (SSSR count). The molecule has 0 radical (unpaired) electrons. The van der Waals surface area contributed by atoms with Crippen LogP contribution in [0.25, 0.3) is 5.57 Å². The first-order valence-corrected chi connectivity index (χ1v) is 10.8. The van der Waals surface area contributed by atoms with Gasteiger partial charge in [-0.05, 0) is 81.2 Å². The summed E-state index contributed by atoms with van der Waals surface area (Å²) in [6.45, 7) is 6.54. The molecule has 2 aliphatic rings. The van der Waals surface area contributed by atoms with Crippen molar-refractivity contribution in [2.45, 2.75) is 46.0 Å². The summed E-state index contributed by atoms with van der Waals surface area (Å²) in [7, 11) is 0. The van der Waals surface area contributed by atoms with Crippen LogP contribution in [-0.4, -0.2) is 28.7 Å². The smallest absolute Gasteiger partial charge is 0.0846 e. The molecule has 2 aromatic rings. The average Bonchev–Trinajstić information content (AvgIpc) is 3.25. The maximum atomic E-state index is 4.88. The Labute approximate surface area is 166 Å². The molecule has 3 nitrogen and oxygen atoms in total. The summed E-state index contributed by atoms with van der Waals surface area (Å²) in [4.78, 5) is 13.5. The third kappa shape index (κ3) is 4.22. The minimum absolute atomic E-state index is 0.960. The number of piperidine rings is 1. The van der Waals surface area contributed by atoms with Crippen LogP contribution in [0.3, 0.4) is 0 Å². The molecule has 27 heavy (non-hydrogen) atoms. The van der Waals surface area contributed by atoms with Gasteiger partial charge in [-0.2, -0.15) is 0 Å². The number of allylic oxidation sites excluding steroid dienone is 4. The van der Waals surface area contributed by atoms with Gasteiger partial charge in [0.15, 0.2) is 0 Å². The zero-order chi connectivity index (χ0) is 18.6. The van der Waals surface area contributed by atoms with Crippen LogP contribution in [0.5, 0.6) is 0 Å². The minimum Gasteiger partial charge on any atom is -0.375 e. The van der Waals surface area contributed by atoms with Crippen LogP contribution in [0.2, 0.25) is 0 Å². The fraction of sp³-hybridized carbons (Fsp3) is 0.391. The second kappa shape index (κ2) is 8.22. The van der Waals surface area contributed by atoms with Gasteiger partial charge in [0, 0.05) is 23.7 Å². The van der Waals surface area contributed by atoms with Gasteiger partial charge < -0.3 is 4.90 Å². The molecule has 140 valence electrons. The van der Waals surface area contributed by atoms with E-state index in [0.717, 1.165) is 35.6 Å². The highest BCUT2D eigenvalue weighted by molar-refractivity contribution is 7.12. The van der Waals surface area contributed by atoms with Crippen molar-refractivity contribution in [1.29, 1.82) is 0 Å². The molecular formula is C23H27N3S. The zero-order valence-corrected chi connectivity index (χ0v) is 17.1. The first-order valence-electron chi connectivity index (χ1n) is 9.93. The van der Waals surface area contributed by atoms with E-state index in [0.29, 0.717) is 0 Å². The van der Waals surface area contributed by atoms with Crippen LogP contribution >= 0.6 is 11.3 Å². The molecule has 3 heterocycles. The average molecular weight is 378 g/mol. The first-order chi connectivity index (χ1) is 13.2. The molecule has 0 spiro atoms. The molecule has 0 unspecified atom stereocenters.